The molecule has 0 saturated carbocycles. The normalized spacial score (nSPS) is 10.2. The number of hydrogen-bond acceptors (Lipinski definition) is 3. The molecule has 0 aliphatic heterocycles. The Morgan fingerprint density at radius 1 is 1.11 bits per heavy atom. The third-order valence-electron chi connectivity index (χ3n) is 4.45. The minimum absolute atomic E-state index is 0. The van der Waals surface area contributed by atoms with Crippen LogP contribution in [0.3, 0.4) is 0 Å². The van der Waals surface area contributed by atoms with Gasteiger partial charge in [-0.25, -0.2) is 0 Å². The van der Waals surface area contributed by atoms with Crippen LogP contribution < -0.4 is 11.1 Å². The fourth-order valence-electron chi connectivity index (χ4n) is 3.15. The number of carbonyl (C=O) groups is 1. The molecule has 4 nitrogen and oxygen atoms in total. The van der Waals surface area contributed by atoms with Crippen molar-refractivity contribution in [2.24, 2.45) is 11.7 Å². The lowest BCUT2D eigenvalue weighted by Gasteiger charge is -2.21. The van der Waals surface area contributed by atoms with Gasteiger partial charge in [-0.05, 0) is 48.4 Å². The first kappa shape index (κ1) is 25.4. The van der Waals surface area contributed by atoms with Crippen LogP contribution in [0.2, 0.25) is 0 Å². The molecular weight excluding hydrogens is 381 g/mol. The molecule has 150 valence electrons. The number of carbonyl (C=O) groups excluding carboxylic acids is 1. The monoisotopic (exact) mass is 411 g/mol. The highest BCUT2D eigenvalue weighted by molar-refractivity contribution is 5.85. The van der Waals surface area contributed by atoms with E-state index in [0.717, 1.165) is 40.1 Å². The van der Waals surface area contributed by atoms with Crippen LogP contribution in [0.15, 0.2) is 24.3 Å². The maximum atomic E-state index is 12.1. The van der Waals surface area contributed by atoms with Crippen molar-refractivity contribution in [3.8, 4) is 11.1 Å². The minimum atomic E-state index is -0.0159. The zero-order valence-electron chi connectivity index (χ0n) is 16.8. The number of nitrogens with one attached hydrogen (secondary N) is 1. The van der Waals surface area contributed by atoms with Crippen molar-refractivity contribution in [2.75, 3.05) is 7.05 Å². The molecule has 0 radical (unpaired) electrons. The topological polar surface area (TPSA) is 68.0 Å². The Balaban J connectivity index is 0.00000338. The fraction of sp³-hybridized carbons (Fsp3) is 0.429. The third kappa shape index (κ3) is 6.20. The molecule has 0 unspecified atom stereocenters. The second-order valence-electron chi connectivity index (χ2n) is 6.99. The van der Waals surface area contributed by atoms with Gasteiger partial charge < -0.3 is 11.1 Å². The van der Waals surface area contributed by atoms with E-state index in [9.17, 15) is 4.79 Å². The molecule has 0 atom stereocenters. The fourth-order valence-corrected chi connectivity index (χ4v) is 3.15. The zero-order chi connectivity index (χ0) is 18.6. The predicted molar refractivity (Wildman–Crippen MR) is 118 cm³/mol. The van der Waals surface area contributed by atoms with Gasteiger partial charge in [0.1, 0.15) is 0 Å². The number of hydrogen-bond donors (Lipinski definition) is 2. The second kappa shape index (κ2) is 11.3. The Bertz CT molecular complexity index is 759. The molecule has 2 rings (SSSR count). The second-order valence-corrected chi connectivity index (χ2v) is 6.99. The number of rotatable bonds is 6. The van der Waals surface area contributed by atoms with E-state index in [0.29, 0.717) is 18.9 Å². The molecule has 0 aliphatic carbocycles. The van der Waals surface area contributed by atoms with Gasteiger partial charge >= 0.3 is 0 Å². The lowest BCUT2D eigenvalue weighted by molar-refractivity contribution is -0.119. The van der Waals surface area contributed by atoms with E-state index in [1.54, 1.807) is 7.05 Å². The Morgan fingerprint density at radius 2 is 1.70 bits per heavy atom. The van der Waals surface area contributed by atoms with Gasteiger partial charge in [0.05, 0.1) is 6.42 Å². The summed E-state index contributed by atoms with van der Waals surface area (Å²) < 4.78 is 0. The molecule has 0 fully saturated rings. The maximum absolute atomic E-state index is 12.1. The lowest BCUT2D eigenvalue weighted by atomic mass is 9.88. The van der Waals surface area contributed by atoms with Crippen molar-refractivity contribution < 1.29 is 4.79 Å². The van der Waals surface area contributed by atoms with E-state index < -0.39 is 0 Å². The first-order valence-electron chi connectivity index (χ1n) is 8.86. The molecule has 1 amide bonds. The maximum Gasteiger partial charge on any atom is 0.224 e. The number of amides is 1. The van der Waals surface area contributed by atoms with Crippen LogP contribution in [0.4, 0.5) is 0 Å². The van der Waals surface area contributed by atoms with Gasteiger partial charge in [0.25, 0.3) is 0 Å². The number of nitrogens with zero attached hydrogens (tertiary/aromatic N) is 1. The number of aromatic nitrogens is 1. The van der Waals surface area contributed by atoms with Crippen LogP contribution in [-0.2, 0) is 24.2 Å². The molecule has 27 heavy (non-hydrogen) atoms. The smallest absolute Gasteiger partial charge is 0.224 e. The molecule has 2 aromatic rings. The molecule has 0 aliphatic rings. The van der Waals surface area contributed by atoms with Gasteiger partial charge in [0.15, 0.2) is 0 Å². The summed E-state index contributed by atoms with van der Waals surface area (Å²) in [7, 11) is 1.66. The van der Waals surface area contributed by atoms with Crippen molar-refractivity contribution in [1.29, 1.82) is 0 Å². The summed E-state index contributed by atoms with van der Waals surface area (Å²) in [4.78, 5) is 16.9. The van der Waals surface area contributed by atoms with Gasteiger partial charge in [0.2, 0.25) is 5.91 Å². The SMILES string of the molecule is CNC(=O)Cc1c(C)nc(CC(C)C)c(CN)c1-c1ccc(C)cc1.Cl.Cl. The molecule has 1 aromatic carbocycles. The van der Waals surface area contributed by atoms with Crippen LogP contribution in [-0.4, -0.2) is 17.9 Å². The molecule has 1 heterocycles. The van der Waals surface area contributed by atoms with E-state index in [4.69, 9.17) is 10.7 Å². The summed E-state index contributed by atoms with van der Waals surface area (Å²) in [6.07, 6.45) is 1.19. The van der Waals surface area contributed by atoms with Crippen molar-refractivity contribution in [3.63, 3.8) is 0 Å². The van der Waals surface area contributed by atoms with Gasteiger partial charge in [-0.15, -0.1) is 24.8 Å². The third-order valence-corrected chi connectivity index (χ3v) is 4.45. The molecule has 0 saturated heterocycles. The van der Waals surface area contributed by atoms with E-state index in [-0.39, 0.29) is 30.7 Å². The summed E-state index contributed by atoms with van der Waals surface area (Å²) >= 11 is 0. The number of benzene rings is 1. The first-order chi connectivity index (χ1) is 11.9. The largest absolute Gasteiger partial charge is 0.359 e. The van der Waals surface area contributed by atoms with E-state index in [1.165, 1.54) is 5.56 Å². The summed E-state index contributed by atoms with van der Waals surface area (Å²) in [6, 6.07) is 8.40. The van der Waals surface area contributed by atoms with Crippen molar-refractivity contribution >= 4 is 30.7 Å². The van der Waals surface area contributed by atoms with Crippen LogP contribution in [0.1, 0.15) is 41.9 Å². The average Bonchev–Trinajstić information content (AvgIpc) is 2.57. The number of halogens is 2. The van der Waals surface area contributed by atoms with Crippen molar-refractivity contribution in [1.82, 2.24) is 10.3 Å². The van der Waals surface area contributed by atoms with E-state index in [1.807, 2.05) is 6.92 Å². The molecule has 0 spiro atoms. The van der Waals surface area contributed by atoms with Gasteiger partial charge in [-0.3, -0.25) is 9.78 Å². The Morgan fingerprint density at radius 3 is 2.19 bits per heavy atom. The number of aryl methyl sites for hydroxylation is 2. The summed E-state index contributed by atoms with van der Waals surface area (Å²) in [5.74, 6) is 0.478. The summed E-state index contributed by atoms with van der Waals surface area (Å²) in [5.41, 5.74) is 13.5. The molecular formula is C21H31Cl2N3O. The number of pyridine rings is 1. The van der Waals surface area contributed by atoms with Crippen LogP contribution in [0.25, 0.3) is 11.1 Å². The van der Waals surface area contributed by atoms with Crippen molar-refractivity contribution in [3.05, 3.63) is 52.3 Å². The molecule has 6 heteroatoms. The lowest BCUT2D eigenvalue weighted by Crippen LogP contribution is -2.22. The molecule has 3 N–H and O–H groups in total. The predicted octanol–water partition coefficient (Wildman–Crippen LogP) is 4.15. The standard InChI is InChI=1S/C21H29N3O.2ClH/c1-13(2)10-19-18(12-22)21(16-8-6-14(3)7-9-16)17(15(4)24-19)11-20(25)23-5;;/h6-9,13H,10-12,22H2,1-5H3,(H,23,25);2*1H. The molecule has 1 aromatic heterocycles. The quantitative estimate of drug-likeness (QED) is 0.749. The zero-order valence-corrected chi connectivity index (χ0v) is 18.4. The number of nitrogens with two attached hydrogens (primary N) is 1. The Hall–Kier alpha value is -1.62. The Kier molecular flexibility index (Phi) is 10.6. The Labute approximate surface area is 175 Å². The molecule has 0 bridgehead atoms. The number of likely N-dealkylation sites (N-methyl/N-ethyl adjacent to an activating group) is 1. The van der Waals surface area contributed by atoms with Crippen molar-refractivity contribution in [2.45, 2.75) is 47.1 Å². The highest BCUT2D eigenvalue weighted by Crippen LogP contribution is 2.32. The average molecular weight is 412 g/mol. The van der Waals surface area contributed by atoms with E-state index >= 15 is 0 Å². The van der Waals surface area contributed by atoms with Gasteiger partial charge in [-0.2, -0.15) is 0 Å². The van der Waals surface area contributed by atoms with Gasteiger partial charge in [-0.1, -0.05) is 43.7 Å². The van der Waals surface area contributed by atoms with E-state index in [2.05, 4.69) is 50.4 Å². The highest BCUT2D eigenvalue weighted by Gasteiger charge is 2.20. The van der Waals surface area contributed by atoms with Crippen LogP contribution in [0.5, 0.6) is 0 Å². The first-order valence-corrected chi connectivity index (χ1v) is 8.86. The van der Waals surface area contributed by atoms with Gasteiger partial charge in [0, 0.05) is 25.0 Å². The highest BCUT2D eigenvalue weighted by atomic mass is 35.5. The summed E-state index contributed by atoms with van der Waals surface area (Å²) in [6.45, 7) is 8.84. The van der Waals surface area contributed by atoms with Crippen LogP contribution in [0, 0.1) is 19.8 Å². The minimum Gasteiger partial charge on any atom is -0.359 e. The summed E-state index contributed by atoms with van der Waals surface area (Å²) in [5, 5.41) is 2.71. The van der Waals surface area contributed by atoms with Crippen LogP contribution >= 0.6 is 24.8 Å².